The molecule has 1 heterocycles. The van der Waals surface area contributed by atoms with Crippen molar-refractivity contribution >= 4 is 5.97 Å². The fourth-order valence-corrected chi connectivity index (χ4v) is 0.794. The lowest BCUT2D eigenvalue weighted by atomic mass is 10.3. The smallest absolute Gasteiger partial charge is 0.343 e. The van der Waals surface area contributed by atoms with Crippen LogP contribution in [0.1, 0.15) is 17.3 Å². The van der Waals surface area contributed by atoms with E-state index in [1.54, 1.807) is 6.92 Å². The van der Waals surface area contributed by atoms with E-state index in [-0.39, 0.29) is 23.9 Å². The third-order valence-corrected chi connectivity index (χ3v) is 1.28. The van der Waals surface area contributed by atoms with Crippen LogP contribution in [0.15, 0.2) is 6.07 Å². The van der Waals surface area contributed by atoms with Gasteiger partial charge in [-0.1, -0.05) is 0 Å². The Morgan fingerprint density at radius 1 is 1.67 bits per heavy atom. The van der Waals surface area contributed by atoms with Crippen LogP contribution in [0, 0.1) is 0 Å². The summed E-state index contributed by atoms with van der Waals surface area (Å²) in [6, 6.07) is 1.10. The first kappa shape index (κ1) is 8.45. The number of carbonyl (C=O) groups excluding carboxylic acids is 1. The highest BCUT2D eigenvalue weighted by molar-refractivity contribution is 5.92. The Hall–Kier alpha value is -1.65. The lowest BCUT2D eigenvalue weighted by Crippen LogP contribution is -2.03. The molecule has 5 heteroatoms. The summed E-state index contributed by atoms with van der Waals surface area (Å²) < 4.78 is 4.59. The van der Waals surface area contributed by atoms with Crippen molar-refractivity contribution in [2.24, 2.45) is 0 Å². The molecule has 0 aliphatic heterocycles. The zero-order chi connectivity index (χ0) is 9.14. The summed E-state index contributed by atoms with van der Waals surface area (Å²) in [7, 11) is 0. The van der Waals surface area contributed by atoms with Gasteiger partial charge >= 0.3 is 5.97 Å². The molecular weight excluding hydrogens is 162 g/mol. The van der Waals surface area contributed by atoms with E-state index in [4.69, 9.17) is 10.2 Å². The van der Waals surface area contributed by atoms with Crippen molar-refractivity contribution in [2.75, 3.05) is 6.61 Å². The first-order chi connectivity index (χ1) is 5.65. The van der Waals surface area contributed by atoms with Gasteiger partial charge in [0.25, 0.3) is 0 Å². The summed E-state index contributed by atoms with van der Waals surface area (Å²) in [5, 5.41) is 17.8. The van der Waals surface area contributed by atoms with E-state index in [1.807, 2.05) is 0 Å². The van der Waals surface area contributed by atoms with Gasteiger partial charge in [0.2, 0.25) is 5.88 Å². The van der Waals surface area contributed by atoms with Crippen LogP contribution in [0.3, 0.4) is 0 Å². The molecule has 5 nitrogen and oxygen atoms in total. The van der Waals surface area contributed by atoms with Crippen molar-refractivity contribution in [3.63, 3.8) is 0 Å². The van der Waals surface area contributed by atoms with E-state index < -0.39 is 5.97 Å². The molecule has 0 bridgehead atoms. The quantitative estimate of drug-likeness (QED) is 0.569. The predicted octanol–water partition coefficient (Wildman–Crippen LogP) is 0.603. The third kappa shape index (κ3) is 1.50. The minimum atomic E-state index is -0.661. The van der Waals surface area contributed by atoms with E-state index in [9.17, 15) is 4.79 Å². The first-order valence-electron chi connectivity index (χ1n) is 3.43. The van der Waals surface area contributed by atoms with Crippen LogP contribution in [-0.4, -0.2) is 27.8 Å². The van der Waals surface area contributed by atoms with Crippen molar-refractivity contribution < 1.29 is 19.7 Å². The normalized spacial score (nSPS) is 9.75. The largest absolute Gasteiger partial charge is 0.494 e. The molecule has 3 N–H and O–H groups in total. The van der Waals surface area contributed by atoms with E-state index in [2.05, 4.69) is 9.72 Å². The van der Waals surface area contributed by atoms with Crippen molar-refractivity contribution in [2.45, 2.75) is 6.92 Å². The molecule has 0 aromatic carbocycles. The van der Waals surface area contributed by atoms with Crippen LogP contribution in [-0.2, 0) is 4.74 Å². The number of ether oxygens (including phenoxy) is 1. The van der Waals surface area contributed by atoms with Gasteiger partial charge in [0.15, 0.2) is 5.88 Å². The van der Waals surface area contributed by atoms with Gasteiger partial charge in [-0.25, -0.2) is 4.79 Å². The van der Waals surface area contributed by atoms with Crippen LogP contribution in [0.2, 0.25) is 0 Å². The lowest BCUT2D eigenvalue weighted by Gasteiger charge is -1.97. The molecule has 0 saturated heterocycles. The van der Waals surface area contributed by atoms with Gasteiger partial charge in [0, 0.05) is 6.07 Å². The van der Waals surface area contributed by atoms with Crippen LogP contribution >= 0.6 is 0 Å². The van der Waals surface area contributed by atoms with Crippen LogP contribution in [0.4, 0.5) is 0 Å². The number of nitrogens with one attached hydrogen (secondary N) is 1. The monoisotopic (exact) mass is 171 g/mol. The zero-order valence-corrected chi connectivity index (χ0v) is 6.50. The van der Waals surface area contributed by atoms with E-state index in [0.29, 0.717) is 0 Å². The van der Waals surface area contributed by atoms with Gasteiger partial charge in [0.05, 0.1) is 6.61 Å². The minimum absolute atomic E-state index is 0.0608. The molecule has 0 spiro atoms. The van der Waals surface area contributed by atoms with Crippen LogP contribution in [0.5, 0.6) is 11.8 Å². The SMILES string of the molecule is CCOC(=O)c1cc(O)[nH]c1O. The topological polar surface area (TPSA) is 82.5 Å². The number of esters is 1. The molecule has 0 aliphatic carbocycles. The highest BCUT2D eigenvalue weighted by atomic mass is 16.5. The Labute approximate surface area is 68.6 Å². The molecule has 1 aromatic rings. The van der Waals surface area contributed by atoms with E-state index in [0.717, 1.165) is 6.07 Å². The molecule has 0 atom stereocenters. The molecule has 0 amide bonds. The number of aromatic amines is 1. The third-order valence-electron chi connectivity index (χ3n) is 1.28. The Bertz CT molecular complexity index is 292. The number of rotatable bonds is 2. The van der Waals surface area contributed by atoms with Gasteiger partial charge in [-0.2, -0.15) is 0 Å². The summed E-state index contributed by atoms with van der Waals surface area (Å²) in [5.74, 6) is -1.31. The molecular formula is C7H9NO4. The fourth-order valence-electron chi connectivity index (χ4n) is 0.794. The van der Waals surface area contributed by atoms with E-state index in [1.165, 1.54) is 0 Å². The van der Waals surface area contributed by atoms with Crippen LogP contribution < -0.4 is 0 Å². The molecule has 0 saturated carbocycles. The second-order valence-electron chi connectivity index (χ2n) is 2.14. The first-order valence-corrected chi connectivity index (χ1v) is 3.43. The maximum Gasteiger partial charge on any atom is 0.343 e. The Kier molecular flexibility index (Phi) is 2.23. The maximum absolute atomic E-state index is 11.0. The average Bonchev–Trinajstić information content (AvgIpc) is 2.30. The van der Waals surface area contributed by atoms with Gasteiger partial charge < -0.3 is 14.9 Å². The predicted molar refractivity (Wildman–Crippen MR) is 40.1 cm³/mol. The molecule has 0 radical (unpaired) electrons. The highest BCUT2D eigenvalue weighted by Crippen LogP contribution is 2.21. The number of carbonyl (C=O) groups is 1. The molecule has 1 rings (SSSR count). The van der Waals surface area contributed by atoms with Crippen molar-refractivity contribution in [1.82, 2.24) is 4.98 Å². The van der Waals surface area contributed by atoms with Crippen LogP contribution in [0.25, 0.3) is 0 Å². The number of hydrogen-bond donors (Lipinski definition) is 3. The highest BCUT2D eigenvalue weighted by Gasteiger charge is 2.15. The van der Waals surface area contributed by atoms with Gasteiger partial charge in [-0.05, 0) is 6.92 Å². The summed E-state index contributed by atoms with van der Waals surface area (Å²) in [6.45, 7) is 1.88. The Morgan fingerprint density at radius 2 is 2.33 bits per heavy atom. The second kappa shape index (κ2) is 3.17. The summed E-state index contributed by atoms with van der Waals surface area (Å²) >= 11 is 0. The molecule has 66 valence electrons. The Morgan fingerprint density at radius 3 is 2.75 bits per heavy atom. The average molecular weight is 171 g/mol. The number of aromatic hydroxyl groups is 2. The second-order valence-corrected chi connectivity index (χ2v) is 2.14. The summed E-state index contributed by atoms with van der Waals surface area (Å²) in [4.78, 5) is 13.1. The van der Waals surface area contributed by atoms with Gasteiger partial charge in [-0.3, -0.25) is 4.98 Å². The van der Waals surface area contributed by atoms with Crippen molar-refractivity contribution in [3.8, 4) is 11.8 Å². The zero-order valence-electron chi connectivity index (χ0n) is 6.50. The molecule has 1 aromatic heterocycles. The summed E-state index contributed by atoms with van der Waals surface area (Å²) in [5.41, 5.74) is -0.0608. The lowest BCUT2D eigenvalue weighted by molar-refractivity contribution is 0.0523. The Balaban J connectivity index is 2.87. The molecule has 0 unspecified atom stereocenters. The molecule has 0 fully saturated rings. The minimum Gasteiger partial charge on any atom is -0.494 e. The summed E-state index contributed by atoms with van der Waals surface area (Å²) in [6.07, 6.45) is 0. The van der Waals surface area contributed by atoms with E-state index >= 15 is 0 Å². The number of hydrogen-bond acceptors (Lipinski definition) is 4. The standard InChI is InChI=1S/C7H9NO4/c1-2-12-7(11)4-3-5(9)8-6(4)10/h3,8-10H,2H2,1H3. The van der Waals surface area contributed by atoms with Crippen molar-refractivity contribution in [1.29, 1.82) is 0 Å². The molecule has 12 heavy (non-hydrogen) atoms. The maximum atomic E-state index is 11.0. The fraction of sp³-hybridized carbons (Fsp3) is 0.286. The number of aromatic nitrogens is 1. The molecule has 0 aliphatic rings. The number of H-pyrrole nitrogens is 1. The van der Waals surface area contributed by atoms with Gasteiger partial charge in [-0.15, -0.1) is 0 Å². The van der Waals surface area contributed by atoms with Crippen molar-refractivity contribution in [3.05, 3.63) is 11.6 Å². The van der Waals surface area contributed by atoms with Gasteiger partial charge in [0.1, 0.15) is 5.56 Å².